The van der Waals surface area contributed by atoms with Crippen molar-refractivity contribution in [1.29, 1.82) is 0 Å². The molecule has 2 rings (SSSR count). The number of hydrogen-bond donors (Lipinski definition) is 1. The summed E-state index contributed by atoms with van der Waals surface area (Å²) in [7, 11) is 0. The van der Waals surface area contributed by atoms with E-state index in [2.05, 4.69) is 0 Å². The van der Waals surface area contributed by atoms with E-state index in [-0.39, 0.29) is 6.61 Å². The normalized spacial score (nSPS) is 10.5. The summed E-state index contributed by atoms with van der Waals surface area (Å²) in [5.74, 6) is 0. The van der Waals surface area contributed by atoms with Crippen LogP contribution in [-0.4, -0.2) is 5.11 Å². The van der Waals surface area contributed by atoms with Gasteiger partial charge in [-0.05, 0) is 29.8 Å². The van der Waals surface area contributed by atoms with Gasteiger partial charge in [0.25, 0.3) is 0 Å². The SMILES string of the molecule is OCc1ccccc1Sc1ccc(Cl)c(Cl)c1. The third-order valence-corrected chi connectivity index (χ3v) is 4.11. The van der Waals surface area contributed by atoms with E-state index in [0.717, 1.165) is 15.4 Å². The van der Waals surface area contributed by atoms with Crippen LogP contribution < -0.4 is 0 Å². The summed E-state index contributed by atoms with van der Waals surface area (Å²) in [6, 6.07) is 13.2. The molecule has 0 heterocycles. The molecule has 0 radical (unpaired) electrons. The lowest BCUT2D eigenvalue weighted by molar-refractivity contribution is 0.279. The molecule has 0 amide bonds. The third kappa shape index (κ3) is 3.17. The number of rotatable bonds is 3. The Balaban J connectivity index is 2.28. The highest BCUT2D eigenvalue weighted by molar-refractivity contribution is 7.99. The molecule has 88 valence electrons. The molecule has 1 N–H and O–H groups in total. The maximum absolute atomic E-state index is 9.23. The number of hydrogen-bond acceptors (Lipinski definition) is 2. The minimum Gasteiger partial charge on any atom is -0.392 e. The van der Waals surface area contributed by atoms with Crippen LogP contribution in [-0.2, 0) is 6.61 Å². The molecule has 0 atom stereocenters. The predicted octanol–water partition coefficient (Wildman–Crippen LogP) is 4.64. The zero-order valence-corrected chi connectivity index (χ0v) is 11.2. The van der Waals surface area contributed by atoms with E-state index in [1.807, 2.05) is 36.4 Å². The first-order valence-corrected chi connectivity index (χ1v) is 6.59. The zero-order valence-electron chi connectivity index (χ0n) is 8.86. The van der Waals surface area contributed by atoms with Gasteiger partial charge in [-0.15, -0.1) is 0 Å². The van der Waals surface area contributed by atoms with E-state index in [4.69, 9.17) is 23.2 Å². The molecule has 1 nitrogen and oxygen atoms in total. The second-order valence-electron chi connectivity index (χ2n) is 3.44. The van der Waals surface area contributed by atoms with E-state index in [9.17, 15) is 5.11 Å². The van der Waals surface area contributed by atoms with Gasteiger partial charge in [0.15, 0.2) is 0 Å². The third-order valence-electron chi connectivity index (χ3n) is 2.26. The molecular formula is C13H10Cl2OS. The second-order valence-corrected chi connectivity index (χ2v) is 5.37. The summed E-state index contributed by atoms with van der Waals surface area (Å²) in [6.45, 7) is 0.0322. The first-order valence-electron chi connectivity index (χ1n) is 5.02. The molecule has 0 aliphatic rings. The number of aliphatic hydroxyl groups is 1. The molecule has 0 saturated heterocycles. The van der Waals surface area contributed by atoms with E-state index in [1.54, 1.807) is 17.8 Å². The topological polar surface area (TPSA) is 20.2 Å². The van der Waals surface area contributed by atoms with Crippen LogP contribution in [0.3, 0.4) is 0 Å². The molecule has 2 aromatic carbocycles. The molecule has 0 aromatic heterocycles. The molecule has 0 spiro atoms. The first-order chi connectivity index (χ1) is 8.20. The van der Waals surface area contributed by atoms with Gasteiger partial charge in [-0.3, -0.25) is 0 Å². The van der Waals surface area contributed by atoms with Crippen molar-refractivity contribution in [2.45, 2.75) is 16.4 Å². The van der Waals surface area contributed by atoms with Crippen LogP contribution in [0.15, 0.2) is 52.3 Å². The van der Waals surface area contributed by atoms with Crippen molar-refractivity contribution in [3.8, 4) is 0 Å². The van der Waals surface area contributed by atoms with Crippen LogP contribution in [0, 0.1) is 0 Å². The zero-order chi connectivity index (χ0) is 12.3. The monoisotopic (exact) mass is 284 g/mol. The quantitative estimate of drug-likeness (QED) is 0.886. The molecular weight excluding hydrogens is 275 g/mol. The highest BCUT2D eigenvalue weighted by Crippen LogP contribution is 2.34. The Bertz CT molecular complexity index is 529. The van der Waals surface area contributed by atoms with Crippen LogP contribution in [0.25, 0.3) is 0 Å². The van der Waals surface area contributed by atoms with Crippen molar-refractivity contribution >= 4 is 35.0 Å². The standard InChI is InChI=1S/C13H10Cl2OS/c14-11-6-5-10(7-12(11)15)17-13-4-2-1-3-9(13)8-16/h1-7,16H,8H2. The van der Waals surface area contributed by atoms with Crippen molar-refractivity contribution < 1.29 is 5.11 Å². The lowest BCUT2D eigenvalue weighted by atomic mass is 10.2. The largest absolute Gasteiger partial charge is 0.392 e. The number of aliphatic hydroxyl groups excluding tert-OH is 1. The van der Waals surface area contributed by atoms with Gasteiger partial charge < -0.3 is 5.11 Å². The van der Waals surface area contributed by atoms with Crippen molar-refractivity contribution in [2.75, 3.05) is 0 Å². The van der Waals surface area contributed by atoms with Crippen LogP contribution in [0.1, 0.15) is 5.56 Å². The van der Waals surface area contributed by atoms with Crippen molar-refractivity contribution in [1.82, 2.24) is 0 Å². The molecule has 2 aromatic rings. The van der Waals surface area contributed by atoms with Gasteiger partial charge in [-0.2, -0.15) is 0 Å². The van der Waals surface area contributed by atoms with E-state index >= 15 is 0 Å². The average molecular weight is 285 g/mol. The molecule has 0 fully saturated rings. The van der Waals surface area contributed by atoms with Crippen molar-refractivity contribution in [2.24, 2.45) is 0 Å². The van der Waals surface area contributed by atoms with Crippen molar-refractivity contribution in [3.05, 3.63) is 58.1 Å². The molecule has 17 heavy (non-hydrogen) atoms. The highest BCUT2D eigenvalue weighted by atomic mass is 35.5. The fraction of sp³-hybridized carbons (Fsp3) is 0.0769. The van der Waals surface area contributed by atoms with Gasteiger partial charge in [0.1, 0.15) is 0 Å². The minimum absolute atomic E-state index is 0.0322. The summed E-state index contributed by atoms with van der Waals surface area (Å²) in [5, 5.41) is 10.3. The highest BCUT2D eigenvalue weighted by Gasteiger charge is 2.05. The second kappa shape index (κ2) is 5.78. The van der Waals surface area contributed by atoms with Crippen LogP contribution in [0.2, 0.25) is 10.0 Å². The number of benzene rings is 2. The van der Waals surface area contributed by atoms with Gasteiger partial charge in [0.2, 0.25) is 0 Å². The lowest BCUT2D eigenvalue weighted by Gasteiger charge is -2.07. The van der Waals surface area contributed by atoms with Gasteiger partial charge in [0.05, 0.1) is 16.7 Å². The Morgan fingerprint density at radius 2 is 1.76 bits per heavy atom. The van der Waals surface area contributed by atoms with E-state index < -0.39 is 0 Å². The average Bonchev–Trinajstić information content (AvgIpc) is 2.34. The summed E-state index contributed by atoms with van der Waals surface area (Å²) in [4.78, 5) is 2.02. The maximum Gasteiger partial charge on any atom is 0.0692 e. The predicted molar refractivity (Wildman–Crippen MR) is 72.9 cm³/mol. The summed E-state index contributed by atoms with van der Waals surface area (Å²) < 4.78 is 0. The molecule has 0 aliphatic heterocycles. The maximum atomic E-state index is 9.23. The van der Waals surface area contributed by atoms with Gasteiger partial charge in [0, 0.05) is 9.79 Å². The van der Waals surface area contributed by atoms with Crippen LogP contribution in [0.4, 0.5) is 0 Å². The summed E-state index contributed by atoms with van der Waals surface area (Å²) >= 11 is 13.4. The molecule has 0 bridgehead atoms. The Labute approximate surface area is 114 Å². The fourth-order valence-corrected chi connectivity index (χ4v) is 2.74. The molecule has 0 saturated carbocycles. The van der Waals surface area contributed by atoms with Crippen LogP contribution in [0.5, 0.6) is 0 Å². The Morgan fingerprint density at radius 3 is 2.47 bits per heavy atom. The van der Waals surface area contributed by atoms with Gasteiger partial charge >= 0.3 is 0 Å². The molecule has 4 heteroatoms. The van der Waals surface area contributed by atoms with E-state index in [1.165, 1.54) is 0 Å². The molecule has 0 aliphatic carbocycles. The van der Waals surface area contributed by atoms with Crippen molar-refractivity contribution in [3.63, 3.8) is 0 Å². The minimum atomic E-state index is 0.0322. The summed E-state index contributed by atoms with van der Waals surface area (Å²) in [6.07, 6.45) is 0. The smallest absolute Gasteiger partial charge is 0.0692 e. The summed E-state index contributed by atoms with van der Waals surface area (Å²) in [5.41, 5.74) is 0.906. The lowest BCUT2D eigenvalue weighted by Crippen LogP contribution is -1.86. The molecule has 0 unspecified atom stereocenters. The van der Waals surface area contributed by atoms with Gasteiger partial charge in [-0.1, -0.05) is 53.2 Å². The number of halogens is 2. The van der Waals surface area contributed by atoms with Gasteiger partial charge in [-0.25, -0.2) is 0 Å². The Morgan fingerprint density at radius 1 is 1.00 bits per heavy atom. The fourth-order valence-electron chi connectivity index (χ4n) is 1.40. The van der Waals surface area contributed by atoms with E-state index in [0.29, 0.717) is 10.0 Å². The Kier molecular flexibility index (Phi) is 4.35. The first kappa shape index (κ1) is 12.8. The Hall–Kier alpha value is -0.670. The van der Waals surface area contributed by atoms with Crippen LogP contribution >= 0.6 is 35.0 Å².